The molecule has 4 nitrogen and oxygen atoms in total. The summed E-state index contributed by atoms with van der Waals surface area (Å²) in [5, 5.41) is 15.0. The molecule has 0 atom stereocenters. The SMILES string of the molecule is CN1N=C(c2ccccc2)c2cc(Cl)ccc2N(C)C1=N. The number of halogens is 1. The van der Waals surface area contributed by atoms with E-state index in [0.29, 0.717) is 11.0 Å². The molecule has 0 aromatic heterocycles. The predicted octanol–water partition coefficient (Wildman–Crippen LogP) is 3.41. The summed E-state index contributed by atoms with van der Waals surface area (Å²) in [5.74, 6) is 0.310. The fourth-order valence-corrected chi connectivity index (χ4v) is 2.55. The predicted molar refractivity (Wildman–Crippen MR) is 87.4 cm³/mol. The molecular weight excluding hydrogens is 284 g/mol. The highest BCUT2D eigenvalue weighted by atomic mass is 35.5. The zero-order valence-electron chi connectivity index (χ0n) is 11.8. The molecule has 2 aromatic carbocycles. The Kier molecular flexibility index (Phi) is 3.39. The van der Waals surface area contributed by atoms with Crippen molar-refractivity contribution >= 4 is 29.0 Å². The van der Waals surface area contributed by atoms with Gasteiger partial charge in [0.15, 0.2) is 0 Å². The van der Waals surface area contributed by atoms with Crippen LogP contribution in [0.5, 0.6) is 0 Å². The first kappa shape index (κ1) is 13.6. The van der Waals surface area contributed by atoms with Gasteiger partial charge in [-0.25, -0.2) is 5.01 Å². The molecule has 0 unspecified atom stereocenters. The van der Waals surface area contributed by atoms with Gasteiger partial charge in [-0.3, -0.25) is 5.41 Å². The molecule has 2 aromatic rings. The summed E-state index contributed by atoms with van der Waals surface area (Å²) >= 11 is 6.16. The fraction of sp³-hybridized carbons (Fsp3) is 0.125. The Morgan fingerprint density at radius 1 is 1.05 bits per heavy atom. The van der Waals surface area contributed by atoms with Gasteiger partial charge in [0.1, 0.15) is 5.71 Å². The van der Waals surface area contributed by atoms with E-state index in [9.17, 15) is 0 Å². The molecule has 1 heterocycles. The van der Waals surface area contributed by atoms with E-state index < -0.39 is 0 Å². The quantitative estimate of drug-likeness (QED) is 0.877. The van der Waals surface area contributed by atoms with Crippen LogP contribution in [0.25, 0.3) is 0 Å². The van der Waals surface area contributed by atoms with Crippen molar-refractivity contribution in [3.05, 3.63) is 64.7 Å². The number of fused-ring (bicyclic) bond motifs is 1. The number of anilines is 1. The summed E-state index contributed by atoms with van der Waals surface area (Å²) in [5.41, 5.74) is 3.64. The van der Waals surface area contributed by atoms with Crippen molar-refractivity contribution in [2.45, 2.75) is 0 Å². The van der Waals surface area contributed by atoms with Gasteiger partial charge in [0.2, 0.25) is 5.96 Å². The van der Waals surface area contributed by atoms with Gasteiger partial charge in [0.05, 0.1) is 5.69 Å². The number of rotatable bonds is 1. The third kappa shape index (κ3) is 2.38. The van der Waals surface area contributed by atoms with E-state index in [4.69, 9.17) is 17.0 Å². The Labute approximate surface area is 128 Å². The van der Waals surface area contributed by atoms with Crippen LogP contribution in [0.2, 0.25) is 5.02 Å². The highest BCUT2D eigenvalue weighted by Gasteiger charge is 2.23. The minimum absolute atomic E-state index is 0.310. The molecule has 3 rings (SSSR count). The molecule has 0 fully saturated rings. The zero-order chi connectivity index (χ0) is 15.0. The first-order valence-electron chi connectivity index (χ1n) is 6.58. The van der Waals surface area contributed by atoms with Crippen molar-refractivity contribution in [2.75, 3.05) is 19.0 Å². The van der Waals surface area contributed by atoms with Crippen LogP contribution in [-0.4, -0.2) is 30.8 Å². The molecule has 0 saturated carbocycles. The molecule has 1 aliphatic rings. The molecule has 0 saturated heterocycles. The molecule has 0 amide bonds. The average molecular weight is 299 g/mol. The van der Waals surface area contributed by atoms with Gasteiger partial charge in [0.25, 0.3) is 0 Å². The maximum Gasteiger partial charge on any atom is 0.218 e. The van der Waals surface area contributed by atoms with Crippen molar-refractivity contribution in [3.8, 4) is 0 Å². The topological polar surface area (TPSA) is 42.7 Å². The monoisotopic (exact) mass is 298 g/mol. The summed E-state index contributed by atoms with van der Waals surface area (Å²) in [6.07, 6.45) is 0. The number of hydrogen-bond acceptors (Lipinski definition) is 2. The van der Waals surface area contributed by atoms with E-state index in [1.807, 2.05) is 55.6 Å². The van der Waals surface area contributed by atoms with Crippen molar-refractivity contribution < 1.29 is 0 Å². The van der Waals surface area contributed by atoms with Crippen LogP contribution in [0.3, 0.4) is 0 Å². The summed E-state index contributed by atoms with van der Waals surface area (Å²) in [7, 11) is 3.63. The molecule has 1 aliphatic heterocycles. The molecule has 106 valence electrons. The lowest BCUT2D eigenvalue weighted by atomic mass is 10.0. The Balaban J connectivity index is 2.27. The lowest BCUT2D eigenvalue weighted by molar-refractivity contribution is 0.532. The first-order valence-corrected chi connectivity index (χ1v) is 6.95. The van der Waals surface area contributed by atoms with Gasteiger partial charge in [-0.05, 0) is 18.2 Å². The van der Waals surface area contributed by atoms with E-state index in [0.717, 1.165) is 22.5 Å². The fourth-order valence-electron chi connectivity index (χ4n) is 2.38. The molecule has 1 N–H and O–H groups in total. The van der Waals surface area contributed by atoms with E-state index in [-0.39, 0.29) is 0 Å². The summed E-state index contributed by atoms with van der Waals surface area (Å²) < 4.78 is 0. The highest BCUT2D eigenvalue weighted by Crippen LogP contribution is 2.29. The van der Waals surface area contributed by atoms with Crippen LogP contribution in [0.4, 0.5) is 5.69 Å². The average Bonchev–Trinajstić information content (AvgIpc) is 2.59. The lowest BCUT2D eigenvalue weighted by Crippen LogP contribution is -2.35. The molecule has 0 radical (unpaired) electrons. The van der Waals surface area contributed by atoms with E-state index >= 15 is 0 Å². The Bertz CT molecular complexity index is 724. The van der Waals surface area contributed by atoms with E-state index in [1.54, 1.807) is 17.0 Å². The molecule has 0 aliphatic carbocycles. The number of nitrogens with one attached hydrogen (secondary N) is 1. The number of hydrazone groups is 1. The second-order valence-corrected chi connectivity index (χ2v) is 5.32. The van der Waals surface area contributed by atoms with Gasteiger partial charge in [0, 0.05) is 30.2 Å². The zero-order valence-corrected chi connectivity index (χ0v) is 12.6. The van der Waals surface area contributed by atoms with Crippen LogP contribution < -0.4 is 4.90 Å². The molecule has 21 heavy (non-hydrogen) atoms. The van der Waals surface area contributed by atoms with E-state index in [1.165, 1.54) is 0 Å². The van der Waals surface area contributed by atoms with Crippen molar-refractivity contribution in [1.29, 1.82) is 5.41 Å². The Morgan fingerprint density at radius 3 is 2.48 bits per heavy atom. The highest BCUT2D eigenvalue weighted by molar-refractivity contribution is 6.31. The van der Waals surface area contributed by atoms with Crippen molar-refractivity contribution in [1.82, 2.24) is 5.01 Å². The minimum atomic E-state index is 0.310. The molecule has 5 heteroatoms. The van der Waals surface area contributed by atoms with Crippen LogP contribution in [0.15, 0.2) is 53.6 Å². The van der Waals surface area contributed by atoms with Crippen molar-refractivity contribution in [2.24, 2.45) is 5.10 Å². The normalized spacial score (nSPS) is 14.6. The van der Waals surface area contributed by atoms with Crippen LogP contribution in [-0.2, 0) is 0 Å². The van der Waals surface area contributed by atoms with Gasteiger partial charge in [-0.15, -0.1) is 0 Å². The molecule has 0 bridgehead atoms. The number of nitrogens with zero attached hydrogens (tertiary/aromatic N) is 3. The van der Waals surface area contributed by atoms with Crippen LogP contribution >= 0.6 is 11.6 Å². The van der Waals surface area contributed by atoms with Gasteiger partial charge in [-0.2, -0.15) is 5.10 Å². The summed E-state index contributed by atoms with van der Waals surface area (Å²) in [4.78, 5) is 1.80. The molecule has 0 spiro atoms. The maximum atomic E-state index is 8.19. The summed E-state index contributed by atoms with van der Waals surface area (Å²) in [6, 6.07) is 15.6. The second kappa shape index (κ2) is 5.22. The third-order valence-corrected chi connectivity index (χ3v) is 3.73. The maximum absolute atomic E-state index is 8.19. The largest absolute Gasteiger partial charge is 0.314 e. The summed E-state index contributed by atoms with van der Waals surface area (Å²) in [6.45, 7) is 0. The Hall–Kier alpha value is -2.33. The molecular formula is C16H15ClN4. The second-order valence-electron chi connectivity index (χ2n) is 4.88. The third-order valence-electron chi connectivity index (χ3n) is 3.50. The minimum Gasteiger partial charge on any atom is -0.314 e. The number of benzene rings is 2. The van der Waals surface area contributed by atoms with Gasteiger partial charge in [-0.1, -0.05) is 41.9 Å². The van der Waals surface area contributed by atoms with E-state index in [2.05, 4.69) is 5.10 Å². The number of guanidine groups is 1. The van der Waals surface area contributed by atoms with Crippen LogP contribution in [0, 0.1) is 5.41 Å². The number of hydrogen-bond donors (Lipinski definition) is 1. The van der Waals surface area contributed by atoms with Crippen molar-refractivity contribution in [3.63, 3.8) is 0 Å². The first-order chi connectivity index (χ1) is 10.1. The Morgan fingerprint density at radius 2 is 1.76 bits per heavy atom. The standard InChI is InChI=1S/C16H15ClN4/c1-20-14-9-8-12(17)10-13(14)15(19-21(2)16(20)18)11-6-4-3-5-7-11/h3-10,18H,1-2H3. The van der Waals surface area contributed by atoms with Gasteiger partial charge < -0.3 is 4.90 Å². The smallest absolute Gasteiger partial charge is 0.218 e. The van der Waals surface area contributed by atoms with Crippen LogP contribution in [0.1, 0.15) is 11.1 Å². The lowest BCUT2D eigenvalue weighted by Gasteiger charge is -2.22. The van der Waals surface area contributed by atoms with Gasteiger partial charge >= 0.3 is 0 Å².